The fourth-order valence-electron chi connectivity index (χ4n) is 2.87. The van der Waals surface area contributed by atoms with Crippen LogP contribution in [0.5, 0.6) is 5.75 Å². The van der Waals surface area contributed by atoms with Gasteiger partial charge >= 0.3 is 6.18 Å². The molecule has 0 spiro atoms. The molecule has 0 saturated heterocycles. The number of halogens is 3. The van der Waals surface area contributed by atoms with Crippen LogP contribution in [0.4, 0.5) is 13.2 Å². The summed E-state index contributed by atoms with van der Waals surface area (Å²) in [4.78, 5) is 0. The van der Waals surface area contributed by atoms with Crippen LogP contribution in [0.15, 0.2) is 66.7 Å². The van der Waals surface area contributed by atoms with E-state index >= 15 is 0 Å². The summed E-state index contributed by atoms with van der Waals surface area (Å²) in [6, 6.07) is 18.9. The number of fused-ring (bicyclic) bond motifs is 1. The van der Waals surface area contributed by atoms with Crippen molar-refractivity contribution in [1.29, 1.82) is 0 Å². The molecule has 0 aliphatic rings. The monoisotopic (exact) mass is 389 g/mol. The Kier molecular flexibility index (Phi) is 6.54. The first-order valence-electron chi connectivity index (χ1n) is 9.08. The van der Waals surface area contributed by atoms with E-state index in [4.69, 9.17) is 4.74 Å². The second-order valence-corrected chi connectivity index (χ2v) is 6.62. The molecule has 3 nitrogen and oxygen atoms in total. The van der Waals surface area contributed by atoms with E-state index in [0.29, 0.717) is 25.3 Å². The summed E-state index contributed by atoms with van der Waals surface area (Å²) in [5.41, 5.74) is 0.160. The summed E-state index contributed by atoms with van der Waals surface area (Å²) in [6.07, 6.45) is -4.42. The van der Waals surface area contributed by atoms with Crippen molar-refractivity contribution in [2.75, 3.05) is 19.7 Å². The van der Waals surface area contributed by atoms with Gasteiger partial charge in [0, 0.05) is 6.54 Å². The summed E-state index contributed by atoms with van der Waals surface area (Å²) < 4.78 is 43.2. The Hall–Kier alpha value is -2.57. The standard InChI is InChI=1S/C22H22F3NO2/c23-22(24,25)19-8-5-16(6-9-19)11-12-26-14-20(27)15-28-21-10-7-17-3-1-2-4-18(17)13-21/h1-10,13,20,26-27H,11-12,14-15H2/t20-/m0/s1. The van der Waals surface area contributed by atoms with Gasteiger partial charge in [0.25, 0.3) is 0 Å². The van der Waals surface area contributed by atoms with E-state index in [2.05, 4.69) is 5.32 Å². The topological polar surface area (TPSA) is 41.5 Å². The Morgan fingerprint density at radius 1 is 0.929 bits per heavy atom. The van der Waals surface area contributed by atoms with Gasteiger partial charge in [-0.1, -0.05) is 42.5 Å². The Bertz CT molecular complexity index is 894. The minimum absolute atomic E-state index is 0.158. The molecule has 0 aliphatic carbocycles. The summed E-state index contributed by atoms with van der Waals surface area (Å²) >= 11 is 0. The van der Waals surface area contributed by atoms with E-state index < -0.39 is 17.8 Å². The van der Waals surface area contributed by atoms with Gasteiger partial charge in [-0.25, -0.2) is 0 Å². The molecular formula is C22H22F3NO2. The van der Waals surface area contributed by atoms with Gasteiger partial charge in [0.2, 0.25) is 0 Å². The van der Waals surface area contributed by atoms with Crippen molar-refractivity contribution in [1.82, 2.24) is 5.32 Å². The normalized spacial score (nSPS) is 12.9. The number of aliphatic hydroxyl groups is 1. The summed E-state index contributed by atoms with van der Waals surface area (Å²) in [5, 5.41) is 15.3. The second kappa shape index (κ2) is 9.08. The zero-order valence-corrected chi connectivity index (χ0v) is 15.2. The van der Waals surface area contributed by atoms with E-state index in [1.165, 1.54) is 12.1 Å². The van der Waals surface area contributed by atoms with Crippen molar-refractivity contribution < 1.29 is 23.0 Å². The molecule has 0 radical (unpaired) electrons. The molecule has 0 unspecified atom stereocenters. The highest BCUT2D eigenvalue weighted by Crippen LogP contribution is 2.29. The lowest BCUT2D eigenvalue weighted by molar-refractivity contribution is -0.137. The lowest BCUT2D eigenvalue weighted by Crippen LogP contribution is -2.32. The molecule has 3 rings (SSSR count). The van der Waals surface area contributed by atoms with Gasteiger partial charge in [0.05, 0.1) is 5.56 Å². The number of benzene rings is 3. The van der Waals surface area contributed by atoms with Gasteiger partial charge in [-0.2, -0.15) is 13.2 Å². The van der Waals surface area contributed by atoms with Crippen LogP contribution in [0.3, 0.4) is 0 Å². The zero-order valence-electron chi connectivity index (χ0n) is 15.2. The Morgan fingerprint density at radius 3 is 2.36 bits per heavy atom. The molecule has 0 aliphatic heterocycles. The number of nitrogens with one attached hydrogen (secondary N) is 1. The van der Waals surface area contributed by atoms with Gasteiger partial charge < -0.3 is 15.2 Å². The van der Waals surface area contributed by atoms with Crippen LogP contribution >= 0.6 is 0 Å². The highest BCUT2D eigenvalue weighted by atomic mass is 19.4. The minimum atomic E-state index is -4.31. The van der Waals surface area contributed by atoms with Gasteiger partial charge in [-0.3, -0.25) is 0 Å². The molecule has 2 N–H and O–H groups in total. The molecule has 0 saturated carbocycles. The third-order valence-electron chi connectivity index (χ3n) is 4.41. The van der Waals surface area contributed by atoms with Crippen LogP contribution in [0.25, 0.3) is 10.8 Å². The van der Waals surface area contributed by atoms with E-state index in [-0.39, 0.29) is 6.61 Å². The van der Waals surface area contributed by atoms with Crippen LogP contribution in [0.1, 0.15) is 11.1 Å². The fraction of sp³-hybridized carbons (Fsp3) is 0.273. The number of alkyl halides is 3. The first-order chi connectivity index (χ1) is 13.4. The third kappa shape index (κ3) is 5.71. The second-order valence-electron chi connectivity index (χ2n) is 6.62. The molecule has 0 fully saturated rings. The average molecular weight is 389 g/mol. The van der Waals surface area contributed by atoms with Crippen molar-refractivity contribution in [2.24, 2.45) is 0 Å². The fourth-order valence-corrected chi connectivity index (χ4v) is 2.87. The van der Waals surface area contributed by atoms with Crippen LogP contribution in [0, 0.1) is 0 Å². The van der Waals surface area contributed by atoms with Crippen LogP contribution in [-0.4, -0.2) is 30.9 Å². The maximum Gasteiger partial charge on any atom is 0.416 e. The molecule has 28 heavy (non-hydrogen) atoms. The van der Waals surface area contributed by atoms with Crippen LogP contribution < -0.4 is 10.1 Å². The smallest absolute Gasteiger partial charge is 0.416 e. The molecule has 3 aromatic rings. The van der Waals surface area contributed by atoms with Crippen molar-refractivity contribution in [3.63, 3.8) is 0 Å². The summed E-state index contributed by atoms with van der Waals surface area (Å²) in [6.45, 7) is 1.05. The maximum atomic E-state index is 12.5. The molecule has 148 valence electrons. The van der Waals surface area contributed by atoms with Gasteiger partial charge in [-0.05, 0) is 53.6 Å². The first kappa shape index (κ1) is 20.2. The Morgan fingerprint density at radius 2 is 1.64 bits per heavy atom. The number of aliphatic hydroxyl groups excluding tert-OH is 1. The minimum Gasteiger partial charge on any atom is -0.491 e. The van der Waals surface area contributed by atoms with Crippen molar-refractivity contribution in [3.8, 4) is 5.75 Å². The zero-order chi connectivity index (χ0) is 20.0. The first-order valence-corrected chi connectivity index (χ1v) is 9.08. The average Bonchev–Trinajstić information content (AvgIpc) is 2.69. The van der Waals surface area contributed by atoms with Crippen molar-refractivity contribution in [2.45, 2.75) is 18.7 Å². The SMILES string of the molecule is O[C@@H](CNCCc1ccc(C(F)(F)F)cc1)COc1ccc2ccccc2c1. The van der Waals surface area contributed by atoms with Gasteiger partial charge in [0.15, 0.2) is 0 Å². The number of ether oxygens (including phenoxy) is 1. The van der Waals surface area contributed by atoms with Gasteiger partial charge in [-0.15, -0.1) is 0 Å². The third-order valence-corrected chi connectivity index (χ3v) is 4.41. The molecule has 1 atom stereocenters. The molecular weight excluding hydrogens is 367 g/mol. The number of hydrogen-bond donors (Lipinski definition) is 2. The Labute approximate surface area is 161 Å². The van der Waals surface area contributed by atoms with E-state index in [9.17, 15) is 18.3 Å². The molecule has 3 aromatic carbocycles. The van der Waals surface area contributed by atoms with Crippen LogP contribution in [-0.2, 0) is 12.6 Å². The molecule has 0 heterocycles. The molecule has 0 amide bonds. The lowest BCUT2D eigenvalue weighted by Gasteiger charge is -2.14. The predicted molar refractivity (Wildman–Crippen MR) is 103 cm³/mol. The van der Waals surface area contributed by atoms with Crippen molar-refractivity contribution >= 4 is 10.8 Å². The van der Waals surface area contributed by atoms with E-state index in [1.807, 2.05) is 42.5 Å². The van der Waals surface area contributed by atoms with E-state index in [1.54, 1.807) is 0 Å². The molecule has 0 bridgehead atoms. The lowest BCUT2D eigenvalue weighted by atomic mass is 10.1. The summed E-state index contributed by atoms with van der Waals surface area (Å²) in [7, 11) is 0. The van der Waals surface area contributed by atoms with E-state index in [0.717, 1.165) is 28.5 Å². The number of hydrogen-bond acceptors (Lipinski definition) is 3. The maximum absolute atomic E-state index is 12.5. The molecule has 6 heteroatoms. The van der Waals surface area contributed by atoms with Crippen LogP contribution in [0.2, 0.25) is 0 Å². The largest absolute Gasteiger partial charge is 0.491 e. The predicted octanol–water partition coefficient (Wildman–Crippen LogP) is 4.43. The van der Waals surface area contributed by atoms with Crippen molar-refractivity contribution in [3.05, 3.63) is 77.9 Å². The quantitative estimate of drug-likeness (QED) is 0.560. The highest BCUT2D eigenvalue weighted by Gasteiger charge is 2.29. The Balaban J connectivity index is 1.37. The number of rotatable bonds is 8. The molecule has 0 aromatic heterocycles. The van der Waals surface area contributed by atoms with Gasteiger partial charge in [0.1, 0.15) is 18.5 Å². The summed E-state index contributed by atoms with van der Waals surface area (Å²) in [5.74, 6) is 0.697. The highest BCUT2D eigenvalue weighted by molar-refractivity contribution is 5.83.